The molecule has 1 unspecified atom stereocenters. The molecule has 0 aromatic heterocycles. The fourth-order valence-corrected chi connectivity index (χ4v) is 2.64. The van der Waals surface area contributed by atoms with Crippen LogP contribution >= 0.6 is 11.6 Å². The maximum Gasteiger partial charge on any atom is 0.0283 e. The zero-order chi connectivity index (χ0) is 10.9. The predicted molar refractivity (Wildman–Crippen MR) is 66.4 cm³/mol. The second-order valence-electron chi connectivity index (χ2n) is 5.17. The van der Waals surface area contributed by atoms with Crippen molar-refractivity contribution in [2.24, 2.45) is 11.3 Å². The zero-order valence-corrected chi connectivity index (χ0v) is 10.3. The summed E-state index contributed by atoms with van der Waals surface area (Å²) in [6, 6.07) is 8.66. The Bertz CT molecular complexity index is 341. The van der Waals surface area contributed by atoms with Gasteiger partial charge in [-0.2, -0.15) is 0 Å². The minimum absolute atomic E-state index is 0.313. The molecule has 1 fully saturated rings. The molecule has 0 N–H and O–H groups in total. The van der Waals surface area contributed by atoms with E-state index in [9.17, 15) is 0 Å². The van der Waals surface area contributed by atoms with E-state index < -0.39 is 0 Å². The van der Waals surface area contributed by atoms with E-state index in [1.807, 2.05) is 0 Å². The Morgan fingerprint density at radius 2 is 2.00 bits per heavy atom. The maximum atomic E-state index is 6.15. The molecule has 1 saturated carbocycles. The highest BCUT2D eigenvalue weighted by molar-refractivity contribution is 6.18. The van der Waals surface area contributed by atoms with E-state index >= 15 is 0 Å². The smallest absolute Gasteiger partial charge is 0.0283 e. The van der Waals surface area contributed by atoms with Crippen molar-refractivity contribution in [1.82, 2.24) is 0 Å². The molecule has 1 aromatic rings. The van der Waals surface area contributed by atoms with Crippen molar-refractivity contribution in [2.75, 3.05) is 5.88 Å². The first-order valence-corrected chi connectivity index (χ1v) is 6.29. The highest BCUT2D eigenvalue weighted by Gasteiger charge is 2.40. The number of halogens is 1. The Morgan fingerprint density at radius 3 is 2.53 bits per heavy atom. The monoisotopic (exact) mass is 222 g/mol. The van der Waals surface area contributed by atoms with Crippen LogP contribution in [0.15, 0.2) is 24.3 Å². The molecule has 1 heteroatoms. The Balaban J connectivity index is 2.16. The Labute approximate surface area is 97.6 Å². The molecule has 82 valence electrons. The fraction of sp³-hybridized carbons (Fsp3) is 0.571. The molecule has 1 atom stereocenters. The van der Waals surface area contributed by atoms with Crippen LogP contribution in [-0.4, -0.2) is 5.88 Å². The highest BCUT2D eigenvalue weighted by Crippen LogP contribution is 2.48. The lowest BCUT2D eigenvalue weighted by molar-refractivity contribution is 0.313. The topological polar surface area (TPSA) is 0 Å². The van der Waals surface area contributed by atoms with Gasteiger partial charge in [0.1, 0.15) is 0 Å². The zero-order valence-electron chi connectivity index (χ0n) is 9.59. The molecular formula is C14H19Cl. The van der Waals surface area contributed by atoms with Gasteiger partial charge in [0.2, 0.25) is 0 Å². The number of rotatable bonds is 4. The summed E-state index contributed by atoms with van der Waals surface area (Å²) in [5.74, 6) is 1.64. The van der Waals surface area contributed by atoms with E-state index in [0.717, 1.165) is 18.2 Å². The van der Waals surface area contributed by atoms with Crippen molar-refractivity contribution in [3.05, 3.63) is 35.4 Å². The second-order valence-corrected chi connectivity index (χ2v) is 5.43. The van der Waals surface area contributed by atoms with Crippen LogP contribution in [0.2, 0.25) is 0 Å². The van der Waals surface area contributed by atoms with Crippen molar-refractivity contribution < 1.29 is 0 Å². The summed E-state index contributed by atoms with van der Waals surface area (Å²) in [4.78, 5) is 0. The molecular weight excluding hydrogens is 204 g/mol. The molecule has 0 aliphatic heterocycles. The van der Waals surface area contributed by atoms with Crippen LogP contribution in [0.3, 0.4) is 0 Å². The third-order valence-corrected chi connectivity index (χ3v) is 4.33. The minimum atomic E-state index is 0.313. The van der Waals surface area contributed by atoms with Crippen molar-refractivity contribution >= 4 is 11.6 Å². The lowest BCUT2D eigenvalue weighted by Gasteiger charge is -2.28. The normalized spacial score (nSPS) is 19.9. The van der Waals surface area contributed by atoms with Gasteiger partial charge in [-0.3, -0.25) is 0 Å². The average molecular weight is 223 g/mol. The molecule has 0 saturated heterocycles. The maximum absolute atomic E-state index is 6.15. The van der Waals surface area contributed by atoms with Gasteiger partial charge in [0.15, 0.2) is 0 Å². The van der Waals surface area contributed by atoms with E-state index in [2.05, 4.69) is 38.1 Å². The summed E-state index contributed by atoms with van der Waals surface area (Å²) in [6.45, 7) is 4.53. The average Bonchev–Trinajstić information content (AvgIpc) is 3.05. The Kier molecular flexibility index (Phi) is 3.06. The van der Waals surface area contributed by atoms with E-state index in [1.165, 1.54) is 24.0 Å². The summed E-state index contributed by atoms with van der Waals surface area (Å²) in [5.41, 5.74) is 3.18. The first-order chi connectivity index (χ1) is 7.15. The largest absolute Gasteiger partial charge is 0.126 e. The molecule has 1 aliphatic rings. The van der Waals surface area contributed by atoms with E-state index in [4.69, 9.17) is 11.6 Å². The summed E-state index contributed by atoms with van der Waals surface area (Å²) >= 11 is 6.15. The van der Waals surface area contributed by atoms with Gasteiger partial charge in [0, 0.05) is 5.88 Å². The van der Waals surface area contributed by atoms with Crippen LogP contribution in [0, 0.1) is 18.3 Å². The van der Waals surface area contributed by atoms with Gasteiger partial charge in [0.05, 0.1) is 0 Å². The number of hydrogen-bond acceptors (Lipinski definition) is 0. The van der Waals surface area contributed by atoms with Gasteiger partial charge in [-0.05, 0) is 48.6 Å². The lowest BCUT2D eigenvalue weighted by atomic mass is 9.80. The molecule has 0 spiro atoms. The van der Waals surface area contributed by atoms with E-state index in [0.29, 0.717) is 5.41 Å². The molecule has 2 rings (SSSR count). The van der Waals surface area contributed by atoms with Crippen LogP contribution in [0.25, 0.3) is 0 Å². The van der Waals surface area contributed by atoms with Crippen LogP contribution in [-0.2, 0) is 6.42 Å². The first kappa shape index (κ1) is 11.0. The van der Waals surface area contributed by atoms with Crippen molar-refractivity contribution in [2.45, 2.75) is 33.1 Å². The van der Waals surface area contributed by atoms with Gasteiger partial charge >= 0.3 is 0 Å². The summed E-state index contributed by atoms with van der Waals surface area (Å²) in [6.07, 6.45) is 3.87. The van der Waals surface area contributed by atoms with Crippen LogP contribution in [0.1, 0.15) is 30.9 Å². The van der Waals surface area contributed by atoms with Crippen LogP contribution < -0.4 is 0 Å². The minimum Gasteiger partial charge on any atom is -0.126 e. The molecule has 1 aromatic carbocycles. The number of alkyl halides is 1. The summed E-state index contributed by atoms with van der Waals surface area (Å²) in [5, 5.41) is 0. The highest BCUT2D eigenvalue weighted by atomic mass is 35.5. The number of aryl methyl sites for hydroxylation is 1. The molecule has 0 heterocycles. The van der Waals surface area contributed by atoms with Gasteiger partial charge < -0.3 is 0 Å². The lowest BCUT2D eigenvalue weighted by Crippen LogP contribution is -2.24. The quantitative estimate of drug-likeness (QED) is 0.671. The predicted octanol–water partition coefficient (Wildman–Crippen LogP) is 4.19. The van der Waals surface area contributed by atoms with E-state index in [1.54, 1.807) is 0 Å². The number of hydrogen-bond donors (Lipinski definition) is 0. The third-order valence-electron chi connectivity index (χ3n) is 3.72. The number of benzene rings is 1. The first-order valence-electron chi connectivity index (χ1n) is 5.76. The van der Waals surface area contributed by atoms with E-state index in [-0.39, 0.29) is 0 Å². The molecule has 0 bridgehead atoms. The molecule has 15 heavy (non-hydrogen) atoms. The second kappa shape index (κ2) is 4.17. The summed E-state index contributed by atoms with van der Waals surface area (Å²) < 4.78 is 0. The fourth-order valence-electron chi connectivity index (χ4n) is 2.32. The van der Waals surface area contributed by atoms with Crippen molar-refractivity contribution in [1.29, 1.82) is 0 Å². The van der Waals surface area contributed by atoms with Gasteiger partial charge in [-0.1, -0.05) is 31.2 Å². The molecule has 1 aliphatic carbocycles. The Hall–Kier alpha value is -0.490. The van der Waals surface area contributed by atoms with Crippen LogP contribution in [0.5, 0.6) is 0 Å². The van der Waals surface area contributed by atoms with Crippen molar-refractivity contribution in [3.8, 4) is 0 Å². The SMILES string of the molecule is Cc1ccccc1CC(C)(CCl)C1CC1. The van der Waals surface area contributed by atoms with Gasteiger partial charge in [-0.15, -0.1) is 11.6 Å². The molecule has 0 radical (unpaired) electrons. The van der Waals surface area contributed by atoms with Gasteiger partial charge in [0.25, 0.3) is 0 Å². The summed E-state index contributed by atoms with van der Waals surface area (Å²) in [7, 11) is 0. The third kappa shape index (κ3) is 2.36. The Morgan fingerprint density at radius 1 is 1.33 bits per heavy atom. The molecule has 0 nitrogen and oxygen atoms in total. The van der Waals surface area contributed by atoms with Gasteiger partial charge in [-0.25, -0.2) is 0 Å². The van der Waals surface area contributed by atoms with Crippen molar-refractivity contribution in [3.63, 3.8) is 0 Å². The molecule has 0 amide bonds. The van der Waals surface area contributed by atoms with Crippen LogP contribution in [0.4, 0.5) is 0 Å². The standard InChI is InChI=1S/C14H19Cl/c1-11-5-3-4-6-12(11)9-14(2,10-15)13-7-8-13/h3-6,13H,7-10H2,1-2H3.